The van der Waals surface area contributed by atoms with Crippen LogP contribution < -0.4 is 0 Å². The number of aliphatic carboxylic acids is 1. The van der Waals surface area contributed by atoms with Crippen molar-refractivity contribution in [1.29, 1.82) is 0 Å². The number of benzene rings is 1. The van der Waals surface area contributed by atoms with Gasteiger partial charge in [-0.1, -0.05) is 13.0 Å². The fraction of sp³-hybridized carbons (Fsp3) is 0.421. The zero-order chi connectivity index (χ0) is 20.6. The number of piperidine rings is 1. The number of alkyl halides is 3. The number of rotatable bonds is 3. The molecule has 1 saturated heterocycles. The van der Waals surface area contributed by atoms with Crippen molar-refractivity contribution >= 4 is 11.9 Å². The lowest BCUT2D eigenvalue weighted by Gasteiger charge is -2.34. The van der Waals surface area contributed by atoms with Crippen molar-refractivity contribution in [1.82, 2.24) is 14.7 Å². The van der Waals surface area contributed by atoms with Crippen LogP contribution in [0.1, 0.15) is 35.0 Å². The molecule has 1 amide bonds. The molecule has 1 aliphatic heterocycles. The highest BCUT2D eigenvalue weighted by Crippen LogP contribution is 2.31. The summed E-state index contributed by atoms with van der Waals surface area (Å²) in [5.74, 6) is -1.90. The molecule has 28 heavy (non-hydrogen) atoms. The third kappa shape index (κ3) is 3.88. The number of hydrogen-bond acceptors (Lipinski definition) is 3. The molecule has 1 aromatic carbocycles. The van der Waals surface area contributed by atoms with E-state index in [0.29, 0.717) is 18.7 Å². The monoisotopic (exact) mass is 395 g/mol. The molecule has 1 N–H and O–H groups in total. The van der Waals surface area contributed by atoms with Gasteiger partial charge in [-0.25, -0.2) is 4.68 Å². The number of nitrogens with zero attached hydrogens (tertiary/aromatic N) is 3. The highest BCUT2D eigenvalue weighted by atomic mass is 19.4. The predicted octanol–water partition coefficient (Wildman–Crippen LogP) is 3.38. The molecule has 1 aromatic heterocycles. The summed E-state index contributed by atoms with van der Waals surface area (Å²) in [6.07, 6.45) is -2.67. The SMILES string of the molecule is Cc1c(C(=O)N2CC(C)CC(C(=O)O)C2)cnn1-c1cccc(C(F)(F)F)c1. The maximum Gasteiger partial charge on any atom is 0.416 e. The molecule has 2 heterocycles. The molecule has 2 aromatic rings. The fourth-order valence-electron chi connectivity index (χ4n) is 3.56. The minimum atomic E-state index is -4.48. The average molecular weight is 395 g/mol. The number of carboxylic acid groups (broad SMARTS) is 1. The molecule has 0 radical (unpaired) electrons. The van der Waals surface area contributed by atoms with Crippen LogP contribution in [0.25, 0.3) is 5.69 Å². The first-order valence-corrected chi connectivity index (χ1v) is 8.82. The van der Waals surface area contributed by atoms with Crippen LogP contribution in [0.3, 0.4) is 0 Å². The molecule has 0 aliphatic carbocycles. The summed E-state index contributed by atoms with van der Waals surface area (Å²) >= 11 is 0. The standard InChI is InChI=1S/C19H20F3N3O3/c1-11-6-13(18(27)28)10-24(9-11)17(26)16-8-23-25(12(16)2)15-5-3-4-14(7-15)19(20,21)22/h3-5,7-8,11,13H,6,9-10H2,1-2H3,(H,27,28). The zero-order valence-corrected chi connectivity index (χ0v) is 15.4. The van der Waals surface area contributed by atoms with E-state index in [0.717, 1.165) is 12.1 Å². The summed E-state index contributed by atoms with van der Waals surface area (Å²) in [6, 6.07) is 4.70. The van der Waals surface area contributed by atoms with Gasteiger partial charge in [-0.05, 0) is 37.5 Å². The quantitative estimate of drug-likeness (QED) is 0.865. The normalized spacial score (nSPS) is 20.2. The van der Waals surface area contributed by atoms with Crippen molar-refractivity contribution in [2.75, 3.05) is 13.1 Å². The molecule has 150 valence electrons. The van der Waals surface area contributed by atoms with Crippen LogP contribution in [0, 0.1) is 18.8 Å². The summed E-state index contributed by atoms with van der Waals surface area (Å²) in [5, 5.41) is 13.4. The second-order valence-electron chi connectivity index (χ2n) is 7.19. The number of carbonyl (C=O) groups excluding carboxylic acids is 1. The smallest absolute Gasteiger partial charge is 0.416 e. The number of carbonyl (C=O) groups is 2. The summed E-state index contributed by atoms with van der Waals surface area (Å²) in [5.41, 5.74) is 0.0359. The first-order valence-electron chi connectivity index (χ1n) is 8.82. The van der Waals surface area contributed by atoms with Crippen LogP contribution in [0.2, 0.25) is 0 Å². The number of aromatic nitrogens is 2. The van der Waals surface area contributed by atoms with Crippen molar-refractivity contribution < 1.29 is 27.9 Å². The second-order valence-corrected chi connectivity index (χ2v) is 7.19. The first kappa shape index (κ1) is 19.9. The van der Waals surface area contributed by atoms with Crippen molar-refractivity contribution in [2.45, 2.75) is 26.4 Å². The van der Waals surface area contributed by atoms with E-state index in [9.17, 15) is 27.9 Å². The Hall–Kier alpha value is -2.84. The first-order chi connectivity index (χ1) is 13.1. The highest BCUT2D eigenvalue weighted by Gasteiger charge is 2.34. The molecular formula is C19H20F3N3O3. The number of hydrogen-bond donors (Lipinski definition) is 1. The second kappa shape index (κ2) is 7.29. The summed E-state index contributed by atoms with van der Waals surface area (Å²) in [4.78, 5) is 25.7. The van der Waals surface area contributed by atoms with E-state index < -0.39 is 23.6 Å². The Balaban J connectivity index is 1.89. The lowest BCUT2D eigenvalue weighted by molar-refractivity contribution is -0.143. The van der Waals surface area contributed by atoms with Gasteiger partial charge in [-0.2, -0.15) is 18.3 Å². The predicted molar refractivity (Wildman–Crippen MR) is 94.1 cm³/mol. The minimum Gasteiger partial charge on any atom is -0.481 e. The van der Waals surface area contributed by atoms with Gasteiger partial charge in [-0.15, -0.1) is 0 Å². The van der Waals surface area contributed by atoms with E-state index in [-0.39, 0.29) is 29.6 Å². The number of halogens is 3. The molecule has 1 fully saturated rings. The third-order valence-electron chi connectivity index (χ3n) is 4.95. The maximum atomic E-state index is 13.0. The average Bonchev–Trinajstić information content (AvgIpc) is 3.01. The van der Waals surface area contributed by atoms with Crippen LogP contribution in [0.4, 0.5) is 13.2 Å². The molecule has 9 heteroatoms. The van der Waals surface area contributed by atoms with E-state index >= 15 is 0 Å². The Labute approximate surface area is 159 Å². The van der Waals surface area contributed by atoms with Crippen LogP contribution in [-0.4, -0.2) is 44.8 Å². The lowest BCUT2D eigenvalue weighted by Crippen LogP contribution is -2.45. The van der Waals surface area contributed by atoms with Gasteiger partial charge in [0.15, 0.2) is 0 Å². The van der Waals surface area contributed by atoms with Gasteiger partial charge < -0.3 is 10.0 Å². The Kier molecular flexibility index (Phi) is 5.18. The van der Waals surface area contributed by atoms with E-state index in [1.807, 2.05) is 6.92 Å². The molecule has 6 nitrogen and oxygen atoms in total. The molecule has 0 saturated carbocycles. The van der Waals surface area contributed by atoms with Crippen molar-refractivity contribution in [3.05, 3.63) is 47.3 Å². The van der Waals surface area contributed by atoms with Gasteiger partial charge in [0.25, 0.3) is 5.91 Å². The van der Waals surface area contributed by atoms with E-state index in [4.69, 9.17) is 0 Å². The van der Waals surface area contributed by atoms with Gasteiger partial charge >= 0.3 is 12.1 Å². The van der Waals surface area contributed by atoms with Crippen LogP contribution in [0.15, 0.2) is 30.5 Å². The van der Waals surface area contributed by atoms with Crippen LogP contribution in [-0.2, 0) is 11.0 Å². The van der Waals surface area contributed by atoms with Crippen molar-refractivity contribution in [3.8, 4) is 5.69 Å². The summed E-state index contributed by atoms with van der Waals surface area (Å²) in [7, 11) is 0. The van der Waals surface area contributed by atoms with E-state index in [1.165, 1.54) is 27.9 Å². The van der Waals surface area contributed by atoms with Crippen LogP contribution in [0.5, 0.6) is 0 Å². The summed E-state index contributed by atoms with van der Waals surface area (Å²) < 4.78 is 40.2. The molecular weight excluding hydrogens is 375 g/mol. The zero-order valence-electron chi connectivity index (χ0n) is 15.4. The Bertz CT molecular complexity index is 907. The molecule has 2 unspecified atom stereocenters. The van der Waals surface area contributed by atoms with Crippen molar-refractivity contribution in [3.63, 3.8) is 0 Å². The molecule has 1 aliphatic rings. The Morgan fingerprint density at radius 1 is 1.25 bits per heavy atom. The van der Waals surface area contributed by atoms with Gasteiger partial charge in [0.1, 0.15) is 0 Å². The topological polar surface area (TPSA) is 75.4 Å². The van der Waals surface area contributed by atoms with Gasteiger partial charge in [-0.3, -0.25) is 9.59 Å². The number of likely N-dealkylation sites (tertiary alicyclic amines) is 1. The lowest BCUT2D eigenvalue weighted by atomic mass is 9.90. The minimum absolute atomic E-state index is 0.0395. The van der Waals surface area contributed by atoms with Gasteiger partial charge in [0.2, 0.25) is 0 Å². The van der Waals surface area contributed by atoms with Crippen molar-refractivity contribution in [2.24, 2.45) is 11.8 Å². The Morgan fingerprint density at radius 2 is 1.96 bits per heavy atom. The van der Waals surface area contributed by atoms with E-state index in [1.54, 1.807) is 6.92 Å². The van der Waals surface area contributed by atoms with Gasteiger partial charge in [0.05, 0.1) is 34.6 Å². The number of carboxylic acids is 1. The highest BCUT2D eigenvalue weighted by molar-refractivity contribution is 5.95. The van der Waals surface area contributed by atoms with E-state index in [2.05, 4.69) is 5.10 Å². The molecule has 3 rings (SSSR count). The number of amides is 1. The fourth-order valence-corrected chi connectivity index (χ4v) is 3.56. The molecule has 0 bridgehead atoms. The molecule has 2 atom stereocenters. The summed E-state index contributed by atoms with van der Waals surface area (Å²) in [6.45, 7) is 4.01. The Morgan fingerprint density at radius 3 is 2.61 bits per heavy atom. The largest absolute Gasteiger partial charge is 0.481 e. The maximum absolute atomic E-state index is 13.0. The van der Waals surface area contributed by atoms with Crippen LogP contribution >= 0.6 is 0 Å². The molecule has 0 spiro atoms. The third-order valence-corrected chi connectivity index (χ3v) is 4.95. The van der Waals surface area contributed by atoms with Gasteiger partial charge in [0, 0.05) is 13.1 Å².